The zero-order valence-electron chi connectivity index (χ0n) is 21.3. The standard InChI is InChI=1S/C26H42O9/c1-12(2)26(33)9-13-14(28)8-17-24(3,4)7-6-18(25(17,5)19(13)15(29)10-26)35-23-22(32)21(31)20(30)16(11-27)34-23/h12,15-18,20-23,27,29-33H,6-11H2,1-5H3/t15-,16-,17+,18+,20-,21+,22-,23+,25-,26+/m1/s1. The number of ketones is 1. The van der Waals surface area contributed by atoms with E-state index in [2.05, 4.69) is 13.8 Å². The summed E-state index contributed by atoms with van der Waals surface area (Å²) in [5, 5.41) is 63.2. The van der Waals surface area contributed by atoms with Gasteiger partial charge in [0.05, 0.1) is 24.4 Å². The van der Waals surface area contributed by atoms with Gasteiger partial charge in [-0.2, -0.15) is 0 Å². The van der Waals surface area contributed by atoms with Crippen LogP contribution < -0.4 is 0 Å². The lowest BCUT2D eigenvalue weighted by Crippen LogP contribution is -2.63. The minimum Gasteiger partial charge on any atom is -0.394 e. The van der Waals surface area contributed by atoms with Crippen LogP contribution in [-0.2, 0) is 14.3 Å². The summed E-state index contributed by atoms with van der Waals surface area (Å²) in [6, 6.07) is 0. The summed E-state index contributed by atoms with van der Waals surface area (Å²) >= 11 is 0. The first-order valence-electron chi connectivity index (χ1n) is 12.8. The second kappa shape index (κ2) is 9.13. The molecule has 35 heavy (non-hydrogen) atoms. The van der Waals surface area contributed by atoms with Gasteiger partial charge in [-0.15, -0.1) is 0 Å². The van der Waals surface area contributed by atoms with Crippen LogP contribution in [-0.4, -0.2) is 91.5 Å². The molecule has 0 bridgehead atoms. The van der Waals surface area contributed by atoms with Gasteiger partial charge in [-0.1, -0.05) is 34.6 Å². The summed E-state index contributed by atoms with van der Waals surface area (Å²) in [6.45, 7) is 9.41. The fraction of sp³-hybridized carbons (Fsp3) is 0.885. The summed E-state index contributed by atoms with van der Waals surface area (Å²) < 4.78 is 12.0. The quantitative estimate of drug-likeness (QED) is 0.323. The number of hydrogen-bond acceptors (Lipinski definition) is 9. The van der Waals surface area contributed by atoms with Crippen LogP contribution in [0.4, 0.5) is 0 Å². The Labute approximate surface area is 206 Å². The number of fused-ring (bicyclic) bond motifs is 2. The van der Waals surface area contributed by atoms with E-state index >= 15 is 0 Å². The largest absolute Gasteiger partial charge is 0.394 e. The Balaban J connectivity index is 1.75. The molecule has 4 rings (SSSR count). The van der Waals surface area contributed by atoms with Crippen molar-refractivity contribution in [1.82, 2.24) is 0 Å². The Hall–Kier alpha value is -0.910. The molecule has 1 heterocycles. The first-order valence-corrected chi connectivity index (χ1v) is 12.8. The van der Waals surface area contributed by atoms with E-state index in [0.29, 0.717) is 17.6 Å². The van der Waals surface area contributed by atoms with Crippen LogP contribution in [0, 0.1) is 22.7 Å². The highest BCUT2D eigenvalue weighted by molar-refractivity contribution is 5.98. The third kappa shape index (κ3) is 4.22. The Bertz CT molecular complexity index is 867. The predicted molar refractivity (Wildman–Crippen MR) is 125 cm³/mol. The number of aliphatic hydroxyl groups is 6. The number of carbonyl (C=O) groups excluding carboxylic acids is 1. The highest BCUT2D eigenvalue weighted by atomic mass is 16.7. The molecule has 0 radical (unpaired) electrons. The predicted octanol–water partition coefficient (Wildman–Crippen LogP) is 0.425. The SMILES string of the molecule is CC(C)[C@]1(O)CC2=C([C@H](O)C1)[C@@]1(C)[C@@H](O[C@@H]3O[C@H](CO)[C@@H](O)[C@H](O)[C@H]3O)CCC(C)(C)[C@@H]1CC2=O. The number of aliphatic hydroxyl groups excluding tert-OH is 5. The van der Waals surface area contributed by atoms with Gasteiger partial charge in [-0.25, -0.2) is 0 Å². The molecule has 10 atom stereocenters. The molecule has 0 aromatic carbocycles. The lowest BCUT2D eigenvalue weighted by atomic mass is 9.46. The monoisotopic (exact) mass is 498 g/mol. The van der Waals surface area contributed by atoms with E-state index in [1.807, 2.05) is 20.8 Å². The van der Waals surface area contributed by atoms with Crippen molar-refractivity contribution in [1.29, 1.82) is 0 Å². The van der Waals surface area contributed by atoms with Crippen molar-refractivity contribution in [2.45, 2.75) is 115 Å². The molecule has 0 amide bonds. The average molecular weight is 499 g/mol. The summed E-state index contributed by atoms with van der Waals surface area (Å²) in [4.78, 5) is 13.4. The van der Waals surface area contributed by atoms with Crippen LogP contribution in [0.5, 0.6) is 0 Å². The molecule has 1 saturated carbocycles. The van der Waals surface area contributed by atoms with Crippen molar-refractivity contribution in [3.05, 3.63) is 11.1 Å². The molecule has 0 spiro atoms. The molecule has 9 heteroatoms. The smallest absolute Gasteiger partial charge is 0.187 e. The van der Waals surface area contributed by atoms with E-state index in [9.17, 15) is 35.4 Å². The van der Waals surface area contributed by atoms with E-state index in [1.165, 1.54) is 0 Å². The molecule has 0 unspecified atom stereocenters. The molecule has 1 saturated heterocycles. The van der Waals surface area contributed by atoms with E-state index in [4.69, 9.17) is 9.47 Å². The van der Waals surface area contributed by atoms with Crippen LogP contribution >= 0.6 is 0 Å². The maximum Gasteiger partial charge on any atom is 0.187 e. The maximum atomic E-state index is 13.4. The Morgan fingerprint density at radius 3 is 2.34 bits per heavy atom. The molecular weight excluding hydrogens is 456 g/mol. The van der Waals surface area contributed by atoms with Crippen molar-refractivity contribution < 1.29 is 44.9 Å². The first kappa shape index (κ1) is 27.1. The molecule has 2 fully saturated rings. The van der Waals surface area contributed by atoms with Gasteiger partial charge in [0.25, 0.3) is 0 Å². The third-order valence-electron chi connectivity index (χ3n) is 9.60. The summed E-state index contributed by atoms with van der Waals surface area (Å²) in [6.07, 6.45) is -6.73. The van der Waals surface area contributed by atoms with E-state index < -0.39 is 60.5 Å². The van der Waals surface area contributed by atoms with Crippen LogP contribution in [0.3, 0.4) is 0 Å². The lowest BCUT2D eigenvalue weighted by Gasteiger charge is -2.60. The molecule has 1 aliphatic heterocycles. The number of ether oxygens (including phenoxy) is 2. The van der Waals surface area contributed by atoms with Gasteiger partial charge in [0.15, 0.2) is 12.1 Å². The molecule has 0 aromatic heterocycles. The fourth-order valence-corrected chi connectivity index (χ4v) is 7.21. The Morgan fingerprint density at radius 1 is 1.09 bits per heavy atom. The van der Waals surface area contributed by atoms with Crippen molar-refractivity contribution in [2.24, 2.45) is 22.7 Å². The van der Waals surface area contributed by atoms with E-state index in [1.54, 1.807) is 0 Å². The first-order chi connectivity index (χ1) is 16.2. The van der Waals surface area contributed by atoms with Gasteiger partial charge in [-0.3, -0.25) is 4.79 Å². The fourth-order valence-electron chi connectivity index (χ4n) is 7.21. The zero-order chi connectivity index (χ0) is 26.1. The van der Waals surface area contributed by atoms with Gasteiger partial charge in [0.2, 0.25) is 0 Å². The van der Waals surface area contributed by atoms with Crippen LogP contribution in [0.1, 0.15) is 66.7 Å². The second-order valence-corrected chi connectivity index (χ2v) is 12.4. The average Bonchev–Trinajstić information content (AvgIpc) is 2.77. The Morgan fingerprint density at radius 2 is 1.74 bits per heavy atom. The highest BCUT2D eigenvalue weighted by Crippen LogP contribution is 2.62. The van der Waals surface area contributed by atoms with Gasteiger partial charge in [0.1, 0.15) is 24.4 Å². The highest BCUT2D eigenvalue weighted by Gasteiger charge is 2.62. The van der Waals surface area contributed by atoms with E-state index in [-0.39, 0.29) is 42.3 Å². The normalized spacial score (nSPS) is 48.1. The van der Waals surface area contributed by atoms with Gasteiger partial charge < -0.3 is 40.1 Å². The Kier molecular flexibility index (Phi) is 7.08. The minimum atomic E-state index is -1.56. The molecule has 0 aromatic rings. The zero-order valence-corrected chi connectivity index (χ0v) is 21.3. The number of rotatable bonds is 4. The van der Waals surface area contributed by atoms with Crippen molar-refractivity contribution in [3.63, 3.8) is 0 Å². The number of carbonyl (C=O) groups is 1. The van der Waals surface area contributed by atoms with Crippen molar-refractivity contribution >= 4 is 5.78 Å². The molecule has 9 nitrogen and oxygen atoms in total. The molecule has 4 aliphatic rings. The second-order valence-electron chi connectivity index (χ2n) is 12.4. The number of hydrogen-bond donors (Lipinski definition) is 6. The van der Waals surface area contributed by atoms with Crippen LogP contribution in [0.2, 0.25) is 0 Å². The van der Waals surface area contributed by atoms with Crippen LogP contribution in [0.25, 0.3) is 0 Å². The molecule has 200 valence electrons. The van der Waals surface area contributed by atoms with Gasteiger partial charge >= 0.3 is 0 Å². The topological polar surface area (TPSA) is 157 Å². The van der Waals surface area contributed by atoms with E-state index in [0.717, 1.165) is 6.42 Å². The number of Topliss-reactive ketones (excluding diaryl/α,β-unsaturated/α-hetero) is 1. The van der Waals surface area contributed by atoms with Gasteiger partial charge in [-0.05, 0) is 35.7 Å². The molecular formula is C26H42O9. The summed E-state index contributed by atoms with van der Waals surface area (Å²) in [7, 11) is 0. The van der Waals surface area contributed by atoms with Crippen molar-refractivity contribution in [2.75, 3.05) is 6.61 Å². The van der Waals surface area contributed by atoms with Crippen LogP contribution in [0.15, 0.2) is 11.1 Å². The van der Waals surface area contributed by atoms with Crippen molar-refractivity contribution in [3.8, 4) is 0 Å². The third-order valence-corrected chi connectivity index (χ3v) is 9.60. The summed E-state index contributed by atoms with van der Waals surface area (Å²) in [5.41, 5.74) is -1.13. The molecule has 6 N–H and O–H groups in total. The minimum absolute atomic E-state index is 0.0538. The van der Waals surface area contributed by atoms with Gasteiger partial charge in [0, 0.05) is 30.3 Å². The lowest BCUT2D eigenvalue weighted by molar-refractivity contribution is -0.325. The summed E-state index contributed by atoms with van der Waals surface area (Å²) in [5.74, 6) is -0.361. The molecule has 3 aliphatic carbocycles. The maximum absolute atomic E-state index is 13.4.